The first-order valence-electron chi connectivity index (χ1n) is 17.7. The van der Waals surface area contributed by atoms with Gasteiger partial charge in [0.15, 0.2) is 17.5 Å². The van der Waals surface area contributed by atoms with Crippen molar-refractivity contribution in [1.29, 1.82) is 0 Å². The Hall–Kier alpha value is -7.24. The van der Waals surface area contributed by atoms with Crippen LogP contribution < -0.4 is 0 Å². The van der Waals surface area contributed by atoms with Gasteiger partial charge in [0.25, 0.3) is 0 Å². The maximum atomic E-state index is 6.66. The van der Waals surface area contributed by atoms with Crippen molar-refractivity contribution >= 4 is 65.2 Å². The van der Waals surface area contributed by atoms with Gasteiger partial charge in [0.2, 0.25) is 0 Å². The smallest absolute Gasteiger partial charge is 0.164 e. The van der Waals surface area contributed by atoms with Crippen LogP contribution in [-0.4, -0.2) is 19.9 Å². The van der Waals surface area contributed by atoms with E-state index in [0.29, 0.717) is 17.5 Å². The van der Waals surface area contributed by atoms with Crippen molar-refractivity contribution in [3.8, 4) is 45.4 Å². The molecule has 5 heteroatoms. The third-order valence-corrected chi connectivity index (χ3v) is 10.3. The van der Waals surface area contributed by atoms with Crippen LogP contribution in [0.1, 0.15) is 0 Å². The molecule has 3 aromatic heterocycles. The average Bonchev–Trinajstić information content (AvgIpc) is 3.64. The Morgan fingerprint density at radius 3 is 1.42 bits per heavy atom. The lowest BCUT2D eigenvalue weighted by Gasteiger charge is -2.13. The van der Waals surface area contributed by atoms with Crippen molar-refractivity contribution in [3.05, 3.63) is 170 Å². The zero-order chi connectivity index (χ0) is 34.9. The Bertz CT molecular complexity index is 3130. The van der Waals surface area contributed by atoms with Gasteiger partial charge in [0.05, 0.1) is 16.6 Å². The Labute approximate surface area is 303 Å². The molecule has 0 N–H and O–H groups in total. The number of nitrogens with zero attached hydrogens (tertiary/aromatic N) is 4. The summed E-state index contributed by atoms with van der Waals surface area (Å²) in [6.07, 6.45) is 0. The normalized spacial score (nSPS) is 11.8. The van der Waals surface area contributed by atoms with E-state index in [1.54, 1.807) is 0 Å². The van der Waals surface area contributed by atoms with Crippen LogP contribution in [-0.2, 0) is 0 Å². The lowest BCUT2D eigenvalue weighted by Crippen LogP contribution is -2.00. The Morgan fingerprint density at radius 1 is 0.321 bits per heavy atom. The number of fused-ring (bicyclic) bond motifs is 11. The lowest BCUT2D eigenvalue weighted by atomic mass is 9.92. The summed E-state index contributed by atoms with van der Waals surface area (Å²) in [5.74, 6) is 1.82. The molecule has 0 unspecified atom stereocenters. The van der Waals surface area contributed by atoms with Gasteiger partial charge < -0.3 is 4.42 Å². The molecule has 0 amide bonds. The Morgan fingerprint density at radius 2 is 0.792 bits per heavy atom. The third kappa shape index (κ3) is 4.71. The first-order chi connectivity index (χ1) is 26.3. The van der Waals surface area contributed by atoms with Crippen molar-refractivity contribution in [3.63, 3.8) is 0 Å². The van der Waals surface area contributed by atoms with E-state index in [1.807, 2.05) is 72.8 Å². The van der Waals surface area contributed by atoms with Gasteiger partial charge in [-0.3, -0.25) is 0 Å². The molecule has 0 atom stereocenters. The molecule has 0 saturated carbocycles. The number of para-hydroxylation sites is 1. The molecule has 5 nitrogen and oxygen atoms in total. The maximum absolute atomic E-state index is 6.66. The zero-order valence-electron chi connectivity index (χ0n) is 28.4. The molecule has 11 aromatic rings. The van der Waals surface area contributed by atoms with Crippen LogP contribution in [0.5, 0.6) is 0 Å². The number of hydrogen-bond acceptors (Lipinski definition) is 5. The Balaban J connectivity index is 1.17. The first kappa shape index (κ1) is 29.5. The number of hydrogen-bond donors (Lipinski definition) is 0. The van der Waals surface area contributed by atoms with Crippen LogP contribution >= 0.6 is 0 Å². The SMILES string of the molecule is c1ccc(-c2nc(-c3ccccc3)nc(-c3ccc4c(c3)nc(-c3ccc5c6ccccc6c6ccccc6c5c3)c3c5ccccc5oc43)n2)cc1. The fraction of sp³-hybridized carbons (Fsp3) is 0. The van der Waals surface area contributed by atoms with Gasteiger partial charge in [-0.05, 0) is 56.6 Å². The molecular formula is C48H28N4O. The summed E-state index contributed by atoms with van der Waals surface area (Å²) in [6.45, 7) is 0. The van der Waals surface area contributed by atoms with E-state index >= 15 is 0 Å². The molecule has 0 radical (unpaired) electrons. The first-order valence-corrected chi connectivity index (χ1v) is 17.7. The van der Waals surface area contributed by atoms with E-state index in [0.717, 1.165) is 60.8 Å². The average molecular weight is 677 g/mol. The topological polar surface area (TPSA) is 64.7 Å². The summed E-state index contributed by atoms with van der Waals surface area (Å²) in [7, 11) is 0. The van der Waals surface area contributed by atoms with E-state index < -0.39 is 0 Å². The minimum absolute atomic E-state index is 0.580. The summed E-state index contributed by atoms with van der Waals surface area (Å²) in [5, 5.41) is 10.3. The molecule has 0 saturated heterocycles. The van der Waals surface area contributed by atoms with Crippen LogP contribution in [0.4, 0.5) is 0 Å². The Kier molecular flexibility index (Phi) is 6.48. The van der Waals surface area contributed by atoms with Crippen molar-refractivity contribution in [2.24, 2.45) is 0 Å². The van der Waals surface area contributed by atoms with Gasteiger partial charge in [-0.2, -0.15) is 0 Å². The second-order valence-electron chi connectivity index (χ2n) is 13.4. The number of benzene rings is 8. The summed E-state index contributed by atoms with van der Waals surface area (Å²) < 4.78 is 6.66. The van der Waals surface area contributed by atoms with Gasteiger partial charge in [-0.1, -0.05) is 146 Å². The van der Waals surface area contributed by atoms with E-state index in [-0.39, 0.29) is 0 Å². The van der Waals surface area contributed by atoms with Gasteiger partial charge in [0.1, 0.15) is 11.2 Å². The highest BCUT2D eigenvalue weighted by Gasteiger charge is 2.20. The lowest BCUT2D eigenvalue weighted by molar-refractivity contribution is 0.672. The minimum Gasteiger partial charge on any atom is -0.455 e. The van der Waals surface area contributed by atoms with Gasteiger partial charge in [0, 0.05) is 33.0 Å². The van der Waals surface area contributed by atoms with Crippen molar-refractivity contribution in [1.82, 2.24) is 19.9 Å². The standard InChI is InChI=1S/C48H28N4O/c1-3-13-29(14-4-1)46-50-47(30-15-5-2-6-16-30)52-48(51-46)32-24-26-38-41(28-32)49-44(43-39-21-11-12-22-42(39)53-45(38)43)31-23-25-37-35-19-8-7-17-33(35)34-18-9-10-20-36(34)40(37)27-31/h1-28H. The fourth-order valence-electron chi connectivity index (χ4n) is 7.80. The maximum Gasteiger partial charge on any atom is 0.164 e. The molecule has 0 bridgehead atoms. The van der Waals surface area contributed by atoms with Crippen LogP contribution in [0.3, 0.4) is 0 Å². The quantitative estimate of drug-likeness (QED) is 0.174. The number of aromatic nitrogens is 4. The highest BCUT2D eigenvalue weighted by Crippen LogP contribution is 2.42. The summed E-state index contributed by atoms with van der Waals surface area (Å²) in [6, 6.07) is 58.6. The predicted octanol–water partition coefficient (Wildman–Crippen LogP) is 12.4. The van der Waals surface area contributed by atoms with Crippen LogP contribution in [0, 0.1) is 0 Å². The van der Waals surface area contributed by atoms with Crippen LogP contribution in [0.15, 0.2) is 174 Å². The second kappa shape index (κ2) is 11.7. The molecule has 0 fully saturated rings. The number of furan rings is 1. The molecule has 53 heavy (non-hydrogen) atoms. The van der Waals surface area contributed by atoms with E-state index in [9.17, 15) is 0 Å². The van der Waals surface area contributed by atoms with Crippen molar-refractivity contribution < 1.29 is 4.42 Å². The monoisotopic (exact) mass is 676 g/mol. The van der Waals surface area contributed by atoms with Gasteiger partial charge in [-0.25, -0.2) is 19.9 Å². The molecule has 8 aromatic carbocycles. The molecule has 3 heterocycles. The highest BCUT2D eigenvalue weighted by atomic mass is 16.3. The second-order valence-corrected chi connectivity index (χ2v) is 13.4. The van der Waals surface area contributed by atoms with Gasteiger partial charge in [-0.15, -0.1) is 0 Å². The van der Waals surface area contributed by atoms with E-state index in [2.05, 4.69) is 97.1 Å². The van der Waals surface area contributed by atoms with Gasteiger partial charge >= 0.3 is 0 Å². The molecule has 0 aliphatic rings. The van der Waals surface area contributed by atoms with Crippen molar-refractivity contribution in [2.75, 3.05) is 0 Å². The third-order valence-electron chi connectivity index (χ3n) is 10.3. The largest absolute Gasteiger partial charge is 0.455 e. The molecular weight excluding hydrogens is 649 g/mol. The van der Waals surface area contributed by atoms with Crippen molar-refractivity contribution in [2.45, 2.75) is 0 Å². The van der Waals surface area contributed by atoms with E-state index in [1.165, 1.54) is 32.3 Å². The minimum atomic E-state index is 0.580. The van der Waals surface area contributed by atoms with E-state index in [4.69, 9.17) is 24.4 Å². The highest BCUT2D eigenvalue weighted by molar-refractivity contribution is 6.26. The molecule has 246 valence electrons. The number of rotatable bonds is 4. The summed E-state index contributed by atoms with van der Waals surface area (Å²) in [5.41, 5.74) is 7.04. The molecule has 0 aliphatic carbocycles. The fourth-order valence-corrected chi connectivity index (χ4v) is 7.80. The molecule has 11 rings (SSSR count). The molecule has 0 spiro atoms. The predicted molar refractivity (Wildman–Crippen MR) is 217 cm³/mol. The summed E-state index contributed by atoms with van der Waals surface area (Å²) in [4.78, 5) is 20.4. The summed E-state index contributed by atoms with van der Waals surface area (Å²) >= 11 is 0. The zero-order valence-corrected chi connectivity index (χ0v) is 28.4. The molecule has 0 aliphatic heterocycles. The number of pyridine rings is 1. The van der Waals surface area contributed by atoms with Crippen LogP contribution in [0.25, 0.3) is 111 Å². The van der Waals surface area contributed by atoms with Crippen LogP contribution in [0.2, 0.25) is 0 Å².